The Morgan fingerprint density at radius 3 is 2.00 bits per heavy atom. The molecule has 1 heterocycles. The smallest absolute Gasteiger partial charge is 0.246 e. The lowest BCUT2D eigenvalue weighted by Crippen LogP contribution is -2.26. The molecule has 0 spiro atoms. The van der Waals surface area contributed by atoms with Crippen molar-refractivity contribution in [3.63, 3.8) is 0 Å². The SMILES string of the molecule is Cn1c(=O)n(-c2ccc(N=[N+]=[N-])cc2)c(=O)n1C. The molecular formula is C10H10N6O2. The van der Waals surface area contributed by atoms with E-state index in [0.29, 0.717) is 11.4 Å². The number of hydrogen-bond acceptors (Lipinski definition) is 3. The van der Waals surface area contributed by atoms with Crippen LogP contribution in [0.25, 0.3) is 16.1 Å². The quantitative estimate of drug-likeness (QED) is 0.445. The van der Waals surface area contributed by atoms with Crippen molar-refractivity contribution in [2.24, 2.45) is 19.2 Å². The maximum Gasteiger partial charge on any atom is 0.351 e. The highest BCUT2D eigenvalue weighted by molar-refractivity contribution is 5.44. The van der Waals surface area contributed by atoms with E-state index in [1.807, 2.05) is 0 Å². The van der Waals surface area contributed by atoms with E-state index in [9.17, 15) is 9.59 Å². The predicted octanol–water partition coefficient (Wildman–Crippen LogP) is 0.816. The highest BCUT2D eigenvalue weighted by Gasteiger charge is 2.11. The van der Waals surface area contributed by atoms with Crippen LogP contribution in [0, 0.1) is 0 Å². The van der Waals surface area contributed by atoms with E-state index in [4.69, 9.17) is 5.53 Å². The number of rotatable bonds is 2. The van der Waals surface area contributed by atoms with Gasteiger partial charge >= 0.3 is 11.4 Å². The van der Waals surface area contributed by atoms with Crippen LogP contribution in [-0.2, 0) is 14.1 Å². The summed E-state index contributed by atoms with van der Waals surface area (Å²) in [5.74, 6) is 0. The Morgan fingerprint density at radius 1 is 1.06 bits per heavy atom. The molecule has 0 aliphatic carbocycles. The minimum atomic E-state index is -0.431. The van der Waals surface area contributed by atoms with Crippen LogP contribution in [0.3, 0.4) is 0 Å². The number of aromatic nitrogens is 3. The summed E-state index contributed by atoms with van der Waals surface area (Å²) in [5.41, 5.74) is 8.26. The minimum Gasteiger partial charge on any atom is -0.246 e. The van der Waals surface area contributed by atoms with Crippen LogP contribution in [0.15, 0.2) is 39.0 Å². The number of hydrogen-bond donors (Lipinski definition) is 0. The van der Waals surface area contributed by atoms with E-state index in [2.05, 4.69) is 10.0 Å². The van der Waals surface area contributed by atoms with Crippen LogP contribution in [0.1, 0.15) is 0 Å². The minimum absolute atomic E-state index is 0.419. The van der Waals surface area contributed by atoms with Crippen LogP contribution < -0.4 is 11.4 Å². The topological polar surface area (TPSA) is 97.7 Å². The molecule has 0 N–H and O–H groups in total. The summed E-state index contributed by atoms with van der Waals surface area (Å²) in [5, 5.41) is 3.41. The van der Waals surface area contributed by atoms with Gasteiger partial charge in [-0.15, -0.1) is 0 Å². The molecule has 2 rings (SSSR count). The number of nitrogens with zero attached hydrogens (tertiary/aromatic N) is 6. The third-order valence-electron chi connectivity index (χ3n) is 2.65. The monoisotopic (exact) mass is 246 g/mol. The van der Waals surface area contributed by atoms with E-state index >= 15 is 0 Å². The van der Waals surface area contributed by atoms with Crippen molar-refractivity contribution >= 4 is 5.69 Å². The third-order valence-corrected chi connectivity index (χ3v) is 2.65. The summed E-state index contributed by atoms with van der Waals surface area (Å²) < 4.78 is 3.47. The van der Waals surface area contributed by atoms with Gasteiger partial charge in [0.25, 0.3) is 0 Å². The molecule has 0 fully saturated rings. The van der Waals surface area contributed by atoms with Gasteiger partial charge in [0.1, 0.15) is 0 Å². The summed E-state index contributed by atoms with van der Waals surface area (Å²) in [6.45, 7) is 0. The van der Waals surface area contributed by atoms with Gasteiger partial charge in [-0.2, -0.15) is 0 Å². The fourth-order valence-corrected chi connectivity index (χ4v) is 1.57. The third kappa shape index (κ3) is 1.70. The molecule has 0 saturated heterocycles. The largest absolute Gasteiger partial charge is 0.351 e. The van der Waals surface area contributed by atoms with E-state index in [1.54, 1.807) is 12.1 Å². The summed E-state index contributed by atoms with van der Waals surface area (Å²) in [6.07, 6.45) is 0. The molecule has 92 valence electrons. The zero-order chi connectivity index (χ0) is 13.3. The maximum atomic E-state index is 11.8. The molecule has 0 amide bonds. The Morgan fingerprint density at radius 2 is 1.56 bits per heavy atom. The first kappa shape index (κ1) is 11.7. The molecule has 0 bridgehead atoms. The molecule has 0 saturated carbocycles. The molecule has 0 aliphatic rings. The van der Waals surface area contributed by atoms with Gasteiger partial charge in [-0.3, -0.25) is 0 Å². The number of benzene rings is 1. The van der Waals surface area contributed by atoms with Crippen molar-refractivity contribution in [2.75, 3.05) is 0 Å². The number of azide groups is 1. The van der Waals surface area contributed by atoms with Crippen molar-refractivity contribution in [2.45, 2.75) is 0 Å². The summed E-state index contributed by atoms with van der Waals surface area (Å²) >= 11 is 0. The van der Waals surface area contributed by atoms with Gasteiger partial charge in [-0.05, 0) is 17.7 Å². The first-order valence-electron chi connectivity index (χ1n) is 5.07. The maximum absolute atomic E-state index is 11.8. The second kappa shape index (κ2) is 4.27. The van der Waals surface area contributed by atoms with Gasteiger partial charge < -0.3 is 0 Å². The first-order valence-corrected chi connectivity index (χ1v) is 5.07. The molecule has 1 aromatic heterocycles. The van der Waals surface area contributed by atoms with Crippen LogP contribution in [-0.4, -0.2) is 13.9 Å². The van der Waals surface area contributed by atoms with Gasteiger partial charge in [0.15, 0.2) is 0 Å². The normalized spacial score (nSPS) is 10.1. The van der Waals surface area contributed by atoms with E-state index in [1.165, 1.54) is 35.6 Å². The van der Waals surface area contributed by atoms with Gasteiger partial charge in [-0.25, -0.2) is 23.5 Å². The molecule has 2 aromatic rings. The lowest BCUT2D eigenvalue weighted by Gasteiger charge is -1.98. The van der Waals surface area contributed by atoms with Crippen molar-refractivity contribution in [3.8, 4) is 5.69 Å². The molecular weight excluding hydrogens is 236 g/mol. The Labute approximate surface area is 101 Å². The van der Waals surface area contributed by atoms with Gasteiger partial charge in [-0.1, -0.05) is 17.2 Å². The zero-order valence-corrected chi connectivity index (χ0v) is 9.81. The van der Waals surface area contributed by atoms with Gasteiger partial charge in [0, 0.05) is 24.7 Å². The molecule has 0 aliphatic heterocycles. The summed E-state index contributed by atoms with van der Waals surface area (Å²) in [6, 6.07) is 6.17. The molecule has 18 heavy (non-hydrogen) atoms. The van der Waals surface area contributed by atoms with Crippen LogP contribution in [0.2, 0.25) is 0 Å². The Balaban J connectivity index is 2.63. The van der Waals surface area contributed by atoms with Crippen molar-refractivity contribution in [1.82, 2.24) is 13.9 Å². The highest BCUT2D eigenvalue weighted by Crippen LogP contribution is 2.14. The molecule has 8 nitrogen and oxygen atoms in total. The second-order valence-corrected chi connectivity index (χ2v) is 3.65. The van der Waals surface area contributed by atoms with Crippen LogP contribution in [0.5, 0.6) is 0 Å². The summed E-state index contributed by atoms with van der Waals surface area (Å²) in [7, 11) is 3.02. The first-order chi connectivity index (χ1) is 8.56. The molecule has 1 aromatic carbocycles. The Hall–Kier alpha value is -2.73. The van der Waals surface area contributed by atoms with Gasteiger partial charge in [0.05, 0.1) is 5.69 Å². The van der Waals surface area contributed by atoms with Crippen molar-refractivity contribution in [3.05, 3.63) is 55.7 Å². The fraction of sp³-hybridized carbons (Fsp3) is 0.200. The Kier molecular flexibility index (Phi) is 2.78. The fourth-order valence-electron chi connectivity index (χ4n) is 1.57. The highest BCUT2D eigenvalue weighted by atomic mass is 16.2. The predicted molar refractivity (Wildman–Crippen MR) is 65.1 cm³/mol. The average Bonchev–Trinajstić information content (AvgIpc) is 2.56. The van der Waals surface area contributed by atoms with E-state index in [-0.39, 0.29) is 0 Å². The standard InChI is InChI=1S/C10H10N6O2/c1-14-9(17)16(10(18)15(14)2)8-5-3-7(4-6-8)12-13-11/h3-6H,1-2H3. The molecule has 0 radical (unpaired) electrons. The lowest BCUT2D eigenvalue weighted by molar-refractivity contribution is 0.565. The van der Waals surface area contributed by atoms with Crippen molar-refractivity contribution in [1.29, 1.82) is 0 Å². The summed E-state index contributed by atoms with van der Waals surface area (Å²) in [4.78, 5) is 26.3. The zero-order valence-electron chi connectivity index (χ0n) is 9.81. The van der Waals surface area contributed by atoms with Crippen LogP contribution in [0.4, 0.5) is 5.69 Å². The second-order valence-electron chi connectivity index (χ2n) is 3.65. The van der Waals surface area contributed by atoms with E-state index < -0.39 is 11.4 Å². The van der Waals surface area contributed by atoms with Crippen molar-refractivity contribution < 1.29 is 0 Å². The van der Waals surface area contributed by atoms with Gasteiger partial charge in [0.2, 0.25) is 0 Å². The molecule has 8 heteroatoms. The van der Waals surface area contributed by atoms with E-state index in [0.717, 1.165) is 4.57 Å². The Bertz CT molecular complexity index is 709. The lowest BCUT2D eigenvalue weighted by atomic mass is 10.3. The molecule has 0 atom stereocenters. The molecule has 0 unspecified atom stereocenters. The average molecular weight is 246 g/mol. The van der Waals surface area contributed by atoms with Crippen LogP contribution >= 0.6 is 0 Å².